The Morgan fingerprint density at radius 2 is 2.17 bits per heavy atom. The lowest BCUT2D eigenvalue weighted by Crippen LogP contribution is -2.50. The molecule has 1 aromatic carbocycles. The Morgan fingerprint density at radius 1 is 1.33 bits per heavy atom. The van der Waals surface area contributed by atoms with Crippen molar-refractivity contribution in [3.8, 4) is 11.3 Å². The van der Waals surface area contributed by atoms with E-state index >= 15 is 0 Å². The number of nitrogens with zero attached hydrogens (tertiary/aromatic N) is 2. The van der Waals surface area contributed by atoms with Crippen LogP contribution >= 0.6 is 11.6 Å². The first-order valence-electron chi connectivity index (χ1n) is 7.91. The molecule has 2 aromatic rings. The van der Waals surface area contributed by atoms with E-state index in [9.17, 15) is 9.59 Å². The van der Waals surface area contributed by atoms with Crippen LogP contribution in [0, 0.1) is 0 Å². The quantitative estimate of drug-likeness (QED) is 0.849. The third kappa shape index (κ3) is 2.21. The van der Waals surface area contributed by atoms with E-state index in [1.807, 2.05) is 18.2 Å². The fourth-order valence-corrected chi connectivity index (χ4v) is 3.81. The van der Waals surface area contributed by atoms with Gasteiger partial charge in [0.2, 0.25) is 0 Å². The van der Waals surface area contributed by atoms with Crippen molar-refractivity contribution in [3.63, 3.8) is 0 Å². The molecule has 1 unspecified atom stereocenters. The summed E-state index contributed by atoms with van der Waals surface area (Å²) in [6.45, 7) is 0.921. The van der Waals surface area contributed by atoms with Gasteiger partial charge in [-0.2, -0.15) is 5.10 Å². The van der Waals surface area contributed by atoms with Crippen molar-refractivity contribution in [1.29, 1.82) is 0 Å². The van der Waals surface area contributed by atoms with E-state index in [2.05, 4.69) is 10.2 Å². The van der Waals surface area contributed by atoms with E-state index in [0.717, 1.165) is 12.0 Å². The van der Waals surface area contributed by atoms with Crippen LogP contribution in [-0.4, -0.2) is 45.7 Å². The number of ether oxygens (including phenoxy) is 1. The van der Waals surface area contributed by atoms with Gasteiger partial charge in [-0.15, -0.1) is 0 Å². The Morgan fingerprint density at radius 3 is 2.92 bits per heavy atom. The Balaban J connectivity index is 1.64. The summed E-state index contributed by atoms with van der Waals surface area (Å²) in [4.78, 5) is 26.7. The number of benzene rings is 1. The van der Waals surface area contributed by atoms with Crippen LogP contribution < -0.4 is 0 Å². The molecular weight excluding hydrogens is 330 g/mol. The monoisotopic (exact) mass is 345 g/mol. The highest BCUT2D eigenvalue weighted by Crippen LogP contribution is 2.38. The third-order valence-electron chi connectivity index (χ3n) is 4.82. The first kappa shape index (κ1) is 15.2. The fraction of sp³-hybridized carbons (Fsp3) is 0.353. The van der Waals surface area contributed by atoms with E-state index < -0.39 is 5.54 Å². The normalized spacial score (nSPS) is 23.0. The zero-order valence-electron chi connectivity index (χ0n) is 12.9. The molecule has 2 aliphatic rings. The van der Waals surface area contributed by atoms with Gasteiger partial charge < -0.3 is 9.64 Å². The summed E-state index contributed by atoms with van der Waals surface area (Å²) in [5, 5.41) is 7.55. The number of rotatable bonds is 2. The molecule has 0 aliphatic carbocycles. The van der Waals surface area contributed by atoms with Gasteiger partial charge in [0.1, 0.15) is 11.2 Å². The predicted molar refractivity (Wildman–Crippen MR) is 87.6 cm³/mol. The number of carbonyl (C=O) groups excluding carboxylic acids is 2. The standard InChI is InChI=1S/C17H16ClN3O3/c18-12-5-2-1-4-11(12)13-10-14(20-19-13)15(22)21-8-3-6-17(21)7-9-24-16(17)23/h1-2,4-5,10H,3,6-9H2,(H,19,20). The van der Waals surface area contributed by atoms with Gasteiger partial charge in [-0.1, -0.05) is 29.8 Å². The van der Waals surface area contributed by atoms with Gasteiger partial charge >= 0.3 is 5.97 Å². The molecule has 1 N–H and O–H groups in total. The number of nitrogens with one attached hydrogen (secondary N) is 1. The molecule has 0 radical (unpaired) electrons. The number of likely N-dealkylation sites (tertiary alicyclic amines) is 1. The molecule has 0 bridgehead atoms. The molecule has 1 amide bonds. The minimum absolute atomic E-state index is 0.225. The molecule has 6 nitrogen and oxygen atoms in total. The summed E-state index contributed by atoms with van der Waals surface area (Å²) in [5.74, 6) is -0.517. The van der Waals surface area contributed by atoms with Crippen LogP contribution in [0.15, 0.2) is 30.3 Å². The van der Waals surface area contributed by atoms with Crippen LogP contribution in [0.1, 0.15) is 29.8 Å². The molecule has 3 heterocycles. The first-order valence-corrected chi connectivity index (χ1v) is 8.29. The maximum Gasteiger partial charge on any atom is 0.332 e. The topological polar surface area (TPSA) is 75.3 Å². The molecule has 2 aliphatic heterocycles. The van der Waals surface area contributed by atoms with Gasteiger partial charge in [-0.25, -0.2) is 4.79 Å². The van der Waals surface area contributed by atoms with Gasteiger partial charge in [-0.05, 0) is 25.0 Å². The van der Waals surface area contributed by atoms with Crippen molar-refractivity contribution in [3.05, 3.63) is 41.0 Å². The lowest BCUT2D eigenvalue weighted by molar-refractivity contribution is -0.145. The second kappa shape index (κ2) is 5.63. The molecular formula is C17H16ClN3O3. The van der Waals surface area contributed by atoms with Crippen LogP contribution in [0.3, 0.4) is 0 Å². The van der Waals surface area contributed by atoms with Crippen molar-refractivity contribution in [2.24, 2.45) is 0 Å². The molecule has 124 valence electrons. The minimum Gasteiger partial charge on any atom is -0.464 e. The third-order valence-corrected chi connectivity index (χ3v) is 5.15. The summed E-state index contributed by atoms with van der Waals surface area (Å²) in [7, 11) is 0. The average Bonchev–Trinajstić information content (AvgIpc) is 3.30. The van der Waals surface area contributed by atoms with Crippen LogP contribution in [0.25, 0.3) is 11.3 Å². The number of hydrogen-bond acceptors (Lipinski definition) is 4. The number of H-pyrrole nitrogens is 1. The summed E-state index contributed by atoms with van der Waals surface area (Å²) in [6, 6.07) is 9.00. The van der Waals surface area contributed by atoms with Crippen molar-refractivity contribution in [2.75, 3.05) is 13.2 Å². The maximum absolute atomic E-state index is 12.9. The van der Waals surface area contributed by atoms with Crippen molar-refractivity contribution < 1.29 is 14.3 Å². The Labute approximate surface area is 143 Å². The SMILES string of the molecule is O=C(c1cc(-c2ccccc2Cl)n[nH]1)N1CCCC12CCOC2=O. The van der Waals surface area contributed by atoms with E-state index in [1.54, 1.807) is 17.0 Å². The van der Waals surface area contributed by atoms with Crippen molar-refractivity contribution >= 4 is 23.5 Å². The molecule has 1 aromatic heterocycles. The van der Waals surface area contributed by atoms with E-state index in [-0.39, 0.29) is 11.9 Å². The molecule has 1 spiro atoms. The average molecular weight is 346 g/mol. The number of hydrogen-bond donors (Lipinski definition) is 1. The minimum atomic E-state index is -0.799. The molecule has 2 saturated heterocycles. The lowest BCUT2D eigenvalue weighted by atomic mass is 9.94. The van der Waals surface area contributed by atoms with Crippen LogP contribution in [0.5, 0.6) is 0 Å². The van der Waals surface area contributed by atoms with Crippen molar-refractivity contribution in [2.45, 2.75) is 24.8 Å². The van der Waals surface area contributed by atoms with Gasteiger partial charge in [0.15, 0.2) is 0 Å². The first-order chi connectivity index (χ1) is 11.6. The molecule has 24 heavy (non-hydrogen) atoms. The highest BCUT2D eigenvalue weighted by molar-refractivity contribution is 6.33. The van der Waals surface area contributed by atoms with Crippen LogP contribution in [-0.2, 0) is 9.53 Å². The molecule has 1 atom stereocenters. The summed E-state index contributed by atoms with van der Waals surface area (Å²) in [6.07, 6.45) is 2.01. The largest absolute Gasteiger partial charge is 0.464 e. The number of halogens is 1. The fourth-order valence-electron chi connectivity index (χ4n) is 3.58. The lowest BCUT2D eigenvalue weighted by Gasteiger charge is -2.30. The zero-order chi connectivity index (χ0) is 16.7. The molecule has 4 rings (SSSR count). The van der Waals surface area contributed by atoms with Gasteiger partial charge in [-0.3, -0.25) is 9.89 Å². The van der Waals surface area contributed by atoms with E-state index in [0.29, 0.717) is 42.4 Å². The van der Waals surface area contributed by atoms with Crippen molar-refractivity contribution in [1.82, 2.24) is 15.1 Å². The molecule has 7 heteroatoms. The van der Waals surface area contributed by atoms with Gasteiger partial charge in [0.05, 0.1) is 17.3 Å². The second-order valence-electron chi connectivity index (χ2n) is 6.12. The summed E-state index contributed by atoms with van der Waals surface area (Å²) < 4.78 is 5.12. The number of carbonyl (C=O) groups is 2. The second-order valence-corrected chi connectivity index (χ2v) is 6.53. The highest BCUT2D eigenvalue weighted by Gasteiger charge is 2.54. The number of amides is 1. The van der Waals surface area contributed by atoms with E-state index in [1.165, 1.54) is 0 Å². The maximum atomic E-state index is 12.9. The predicted octanol–water partition coefficient (Wildman–Crippen LogP) is 2.65. The number of aromatic nitrogens is 2. The summed E-state index contributed by atoms with van der Waals surface area (Å²) in [5.41, 5.74) is 0.912. The van der Waals surface area contributed by atoms with Gasteiger partial charge in [0.25, 0.3) is 5.91 Å². The van der Waals surface area contributed by atoms with Gasteiger partial charge in [0, 0.05) is 18.5 Å². The molecule has 0 saturated carbocycles. The summed E-state index contributed by atoms with van der Waals surface area (Å²) >= 11 is 6.18. The highest BCUT2D eigenvalue weighted by atomic mass is 35.5. The molecule has 2 fully saturated rings. The number of cyclic esters (lactones) is 1. The Bertz CT molecular complexity index is 815. The van der Waals surface area contributed by atoms with Crippen LogP contribution in [0.2, 0.25) is 5.02 Å². The van der Waals surface area contributed by atoms with E-state index in [4.69, 9.17) is 16.3 Å². The smallest absolute Gasteiger partial charge is 0.332 e. The Kier molecular flexibility index (Phi) is 3.57. The number of esters is 1. The number of aromatic amines is 1. The Hall–Kier alpha value is -2.34. The van der Waals surface area contributed by atoms with Crippen LogP contribution in [0.4, 0.5) is 0 Å². The zero-order valence-corrected chi connectivity index (χ0v) is 13.7.